The minimum absolute atomic E-state index is 0.469. The Balaban J connectivity index is 1.87. The standard InChI is InChI=1S/C13H13F2NO/c1-9-2-4-11(17-9)8-16-7-10-3-5-12(14)13(15)6-10/h2-6,16H,7-8H2,1H3. The lowest BCUT2D eigenvalue weighted by Crippen LogP contribution is -2.12. The largest absolute Gasteiger partial charge is 0.465 e. The predicted octanol–water partition coefficient (Wildman–Crippen LogP) is 3.16. The van der Waals surface area contributed by atoms with Gasteiger partial charge in [0, 0.05) is 6.54 Å². The number of hydrogen-bond donors (Lipinski definition) is 1. The average Bonchev–Trinajstić information content (AvgIpc) is 2.70. The monoisotopic (exact) mass is 237 g/mol. The van der Waals surface area contributed by atoms with Crippen LogP contribution in [0.1, 0.15) is 17.1 Å². The topological polar surface area (TPSA) is 25.2 Å². The van der Waals surface area contributed by atoms with E-state index in [9.17, 15) is 8.78 Å². The second-order valence-electron chi connectivity index (χ2n) is 3.86. The van der Waals surface area contributed by atoms with E-state index < -0.39 is 11.6 Å². The normalized spacial score (nSPS) is 10.8. The summed E-state index contributed by atoms with van der Waals surface area (Å²) in [5.74, 6) is 0.0354. The average molecular weight is 237 g/mol. The number of hydrogen-bond acceptors (Lipinski definition) is 2. The fraction of sp³-hybridized carbons (Fsp3) is 0.231. The Morgan fingerprint density at radius 3 is 2.53 bits per heavy atom. The highest BCUT2D eigenvalue weighted by molar-refractivity contribution is 5.17. The van der Waals surface area contributed by atoms with E-state index in [0.29, 0.717) is 18.7 Å². The molecule has 2 rings (SSSR count). The SMILES string of the molecule is Cc1ccc(CNCc2ccc(F)c(F)c2)o1. The molecule has 0 aliphatic heterocycles. The van der Waals surface area contributed by atoms with E-state index in [1.807, 2.05) is 19.1 Å². The van der Waals surface area contributed by atoms with Gasteiger partial charge in [-0.2, -0.15) is 0 Å². The van der Waals surface area contributed by atoms with E-state index in [0.717, 1.165) is 17.6 Å². The van der Waals surface area contributed by atoms with Crippen LogP contribution >= 0.6 is 0 Å². The molecule has 0 saturated carbocycles. The Morgan fingerprint density at radius 2 is 1.88 bits per heavy atom. The molecule has 0 aliphatic rings. The molecule has 0 aliphatic carbocycles. The maximum Gasteiger partial charge on any atom is 0.159 e. The number of furan rings is 1. The zero-order chi connectivity index (χ0) is 12.3. The Morgan fingerprint density at radius 1 is 1.06 bits per heavy atom. The molecule has 0 saturated heterocycles. The van der Waals surface area contributed by atoms with Gasteiger partial charge in [-0.1, -0.05) is 6.07 Å². The van der Waals surface area contributed by atoms with Gasteiger partial charge in [-0.3, -0.25) is 0 Å². The molecule has 1 N–H and O–H groups in total. The van der Waals surface area contributed by atoms with E-state index in [1.165, 1.54) is 6.07 Å². The highest BCUT2D eigenvalue weighted by atomic mass is 19.2. The molecular weight excluding hydrogens is 224 g/mol. The minimum Gasteiger partial charge on any atom is -0.465 e. The van der Waals surface area contributed by atoms with Crippen molar-refractivity contribution in [1.82, 2.24) is 5.32 Å². The second kappa shape index (κ2) is 5.10. The Bertz CT molecular complexity index is 508. The molecule has 17 heavy (non-hydrogen) atoms. The molecule has 0 radical (unpaired) electrons. The zero-order valence-corrected chi connectivity index (χ0v) is 9.47. The van der Waals surface area contributed by atoms with Gasteiger partial charge in [-0.05, 0) is 36.8 Å². The summed E-state index contributed by atoms with van der Waals surface area (Å²) >= 11 is 0. The summed E-state index contributed by atoms with van der Waals surface area (Å²) in [4.78, 5) is 0. The lowest BCUT2D eigenvalue weighted by Gasteiger charge is -2.03. The van der Waals surface area contributed by atoms with Gasteiger partial charge in [0.05, 0.1) is 6.54 Å². The number of halogens is 2. The lowest BCUT2D eigenvalue weighted by atomic mass is 10.2. The van der Waals surface area contributed by atoms with E-state index >= 15 is 0 Å². The van der Waals surface area contributed by atoms with Gasteiger partial charge in [0.15, 0.2) is 11.6 Å². The van der Waals surface area contributed by atoms with Gasteiger partial charge in [0.2, 0.25) is 0 Å². The highest BCUT2D eigenvalue weighted by Gasteiger charge is 2.03. The summed E-state index contributed by atoms with van der Waals surface area (Å²) in [5, 5.41) is 3.10. The molecule has 2 nitrogen and oxygen atoms in total. The first-order chi connectivity index (χ1) is 8.15. The van der Waals surface area contributed by atoms with Crippen molar-refractivity contribution in [2.45, 2.75) is 20.0 Å². The summed E-state index contributed by atoms with van der Waals surface area (Å²) in [6, 6.07) is 7.64. The van der Waals surface area contributed by atoms with Crippen molar-refractivity contribution in [3.8, 4) is 0 Å². The maximum atomic E-state index is 12.9. The molecule has 4 heteroatoms. The third kappa shape index (κ3) is 3.14. The molecule has 1 heterocycles. The summed E-state index contributed by atoms with van der Waals surface area (Å²) in [5.41, 5.74) is 0.701. The fourth-order valence-electron chi connectivity index (χ4n) is 1.56. The molecule has 0 amide bonds. The molecule has 0 bridgehead atoms. The Kier molecular flexibility index (Phi) is 3.54. The second-order valence-corrected chi connectivity index (χ2v) is 3.86. The first-order valence-electron chi connectivity index (χ1n) is 5.35. The van der Waals surface area contributed by atoms with Crippen LogP contribution in [0.5, 0.6) is 0 Å². The van der Waals surface area contributed by atoms with E-state index in [2.05, 4.69) is 5.32 Å². The van der Waals surface area contributed by atoms with Crippen LogP contribution in [-0.4, -0.2) is 0 Å². The van der Waals surface area contributed by atoms with E-state index in [1.54, 1.807) is 6.07 Å². The zero-order valence-electron chi connectivity index (χ0n) is 9.47. The first-order valence-corrected chi connectivity index (χ1v) is 5.35. The molecule has 1 aromatic heterocycles. The van der Waals surface area contributed by atoms with Crippen LogP contribution in [0.2, 0.25) is 0 Å². The van der Waals surface area contributed by atoms with Gasteiger partial charge >= 0.3 is 0 Å². The van der Waals surface area contributed by atoms with Gasteiger partial charge in [-0.25, -0.2) is 8.78 Å². The van der Waals surface area contributed by atoms with Crippen molar-refractivity contribution < 1.29 is 13.2 Å². The Hall–Kier alpha value is -1.68. The van der Waals surface area contributed by atoms with Gasteiger partial charge < -0.3 is 9.73 Å². The molecule has 0 unspecified atom stereocenters. The van der Waals surface area contributed by atoms with Crippen molar-refractivity contribution in [1.29, 1.82) is 0 Å². The molecule has 90 valence electrons. The van der Waals surface area contributed by atoms with Crippen LogP contribution in [-0.2, 0) is 13.1 Å². The number of rotatable bonds is 4. The van der Waals surface area contributed by atoms with Crippen molar-refractivity contribution >= 4 is 0 Å². The van der Waals surface area contributed by atoms with E-state index in [-0.39, 0.29) is 0 Å². The molecule has 0 spiro atoms. The van der Waals surface area contributed by atoms with Crippen molar-refractivity contribution in [2.24, 2.45) is 0 Å². The fourth-order valence-corrected chi connectivity index (χ4v) is 1.56. The first kappa shape index (κ1) is 11.8. The van der Waals surface area contributed by atoms with Crippen molar-refractivity contribution in [3.63, 3.8) is 0 Å². The molecule has 0 atom stereocenters. The van der Waals surface area contributed by atoms with Gasteiger partial charge in [0.25, 0.3) is 0 Å². The number of aryl methyl sites for hydroxylation is 1. The van der Waals surface area contributed by atoms with Crippen LogP contribution < -0.4 is 5.32 Å². The summed E-state index contributed by atoms with van der Waals surface area (Å²) < 4.78 is 31.0. The third-order valence-corrected chi connectivity index (χ3v) is 2.41. The lowest BCUT2D eigenvalue weighted by molar-refractivity contribution is 0.461. The molecule has 1 aromatic carbocycles. The summed E-state index contributed by atoms with van der Waals surface area (Å²) in [7, 11) is 0. The van der Waals surface area contributed by atoms with Crippen LogP contribution in [0.3, 0.4) is 0 Å². The quantitative estimate of drug-likeness (QED) is 0.883. The van der Waals surface area contributed by atoms with Crippen molar-refractivity contribution in [2.75, 3.05) is 0 Å². The third-order valence-electron chi connectivity index (χ3n) is 2.41. The summed E-state index contributed by atoms with van der Waals surface area (Å²) in [6.45, 7) is 2.91. The number of nitrogens with one attached hydrogen (secondary N) is 1. The molecule has 2 aromatic rings. The van der Waals surface area contributed by atoms with Crippen LogP contribution in [0.4, 0.5) is 8.78 Å². The smallest absolute Gasteiger partial charge is 0.159 e. The maximum absolute atomic E-state index is 12.9. The molecule has 0 fully saturated rings. The predicted molar refractivity (Wildman–Crippen MR) is 60.3 cm³/mol. The summed E-state index contributed by atoms with van der Waals surface area (Å²) in [6.07, 6.45) is 0. The van der Waals surface area contributed by atoms with Crippen molar-refractivity contribution in [3.05, 3.63) is 59.1 Å². The van der Waals surface area contributed by atoms with Gasteiger partial charge in [0.1, 0.15) is 11.5 Å². The highest BCUT2D eigenvalue weighted by Crippen LogP contribution is 2.09. The minimum atomic E-state index is -0.824. The van der Waals surface area contributed by atoms with Crippen LogP contribution in [0.15, 0.2) is 34.7 Å². The molecular formula is C13H13F2NO. The van der Waals surface area contributed by atoms with Crippen LogP contribution in [0.25, 0.3) is 0 Å². The number of benzene rings is 1. The van der Waals surface area contributed by atoms with E-state index in [4.69, 9.17) is 4.42 Å². The van der Waals surface area contributed by atoms with Crippen LogP contribution in [0, 0.1) is 18.6 Å². The van der Waals surface area contributed by atoms with Gasteiger partial charge in [-0.15, -0.1) is 0 Å². The Labute approximate surface area is 98.3 Å².